The van der Waals surface area contributed by atoms with Gasteiger partial charge in [-0.05, 0) is 0 Å². The second kappa shape index (κ2) is 5.08. The van der Waals surface area contributed by atoms with E-state index in [1.54, 1.807) is 45.0 Å². The van der Waals surface area contributed by atoms with E-state index in [-0.39, 0.29) is 46.9 Å². The molecule has 0 radical (unpaired) electrons. The molecule has 3 nitrogen and oxygen atoms in total. The monoisotopic (exact) mass is 253 g/mol. The smallest absolute Gasteiger partial charge is 0.298 e. The van der Waals surface area contributed by atoms with E-state index >= 15 is 0 Å². The number of hydrogen-bond donors (Lipinski definition) is 0. The first-order valence-electron chi connectivity index (χ1n) is 5.56. The zero-order valence-corrected chi connectivity index (χ0v) is 13.1. The molecule has 0 atom stereocenters. The van der Waals surface area contributed by atoms with Crippen LogP contribution in [0.5, 0.6) is 0 Å². The van der Waals surface area contributed by atoms with Crippen LogP contribution in [-0.2, 0) is 4.79 Å². The van der Waals surface area contributed by atoms with Crippen molar-refractivity contribution in [3.05, 3.63) is 35.4 Å². The number of hydrogen-bond acceptors (Lipinski definition) is 3. The molecule has 0 bridgehead atoms. The molecule has 0 N–H and O–H groups in total. The summed E-state index contributed by atoms with van der Waals surface area (Å²) in [7, 11) is 0. The number of fused-ring (bicyclic) bond motifs is 1. The zero-order valence-electron chi connectivity index (χ0n) is 11.1. The van der Waals surface area contributed by atoms with Crippen molar-refractivity contribution >= 4 is 17.3 Å². The minimum absolute atomic E-state index is 0. The molecular weight excluding hydrogens is 239 g/mol. The molecule has 1 aliphatic carbocycles. The predicted octanol–water partition coefficient (Wildman–Crippen LogP) is -0.699. The van der Waals surface area contributed by atoms with Crippen molar-refractivity contribution in [2.45, 2.75) is 20.8 Å². The number of rotatable bonds is 1. The Kier molecular flexibility index (Phi) is 4.31. The predicted molar refractivity (Wildman–Crippen MR) is 63.1 cm³/mol. The molecule has 0 fully saturated rings. The molecule has 0 spiro atoms. The van der Waals surface area contributed by atoms with Gasteiger partial charge < -0.3 is 0 Å². The van der Waals surface area contributed by atoms with Gasteiger partial charge in [-0.25, -0.2) is 0 Å². The molecule has 0 saturated carbocycles. The summed E-state index contributed by atoms with van der Waals surface area (Å²) < 4.78 is 0. The van der Waals surface area contributed by atoms with Crippen molar-refractivity contribution in [2.24, 2.45) is 11.3 Å². The molecule has 1 aliphatic rings. The van der Waals surface area contributed by atoms with Gasteiger partial charge in [-0.1, -0.05) is 45.0 Å². The molecule has 2 rings (SSSR count). The van der Waals surface area contributed by atoms with Crippen LogP contribution in [0.1, 0.15) is 41.5 Å². The maximum Gasteiger partial charge on any atom is 1.00 e. The summed E-state index contributed by atoms with van der Waals surface area (Å²) in [5.74, 6) is -2.15. The molecular formula is C14H14NaO3+. The van der Waals surface area contributed by atoms with E-state index in [4.69, 9.17) is 0 Å². The minimum Gasteiger partial charge on any atom is -0.298 e. The second-order valence-electron chi connectivity index (χ2n) is 5.32. The van der Waals surface area contributed by atoms with Crippen LogP contribution in [-0.4, -0.2) is 17.3 Å². The van der Waals surface area contributed by atoms with Crippen molar-refractivity contribution in [3.8, 4) is 0 Å². The SMILES string of the molecule is CC(C)(C)C(=O)C1C(=O)c2ccccc2C1=O.[Na+]. The van der Waals surface area contributed by atoms with Gasteiger partial charge in [0.15, 0.2) is 17.3 Å². The zero-order chi connectivity index (χ0) is 12.8. The summed E-state index contributed by atoms with van der Waals surface area (Å²) >= 11 is 0. The fraction of sp³-hybridized carbons (Fsp3) is 0.357. The number of carbonyl (C=O) groups is 3. The molecule has 1 aromatic carbocycles. The van der Waals surface area contributed by atoms with Gasteiger partial charge in [0, 0.05) is 16.5 Å². The Hall–Kier alpha value is -0.770. The molecule has 0 aromatic heterocycles. The average molecular weight is 253 g/mol. The third-order valence-electron chi connectivity index (χ3n) is 2.98. The molecule has 4 heteroatoms. The van der Waals surface area contributed by atoms with Gasteiger partial charge in [0.2, 0.25) is 0 Å². The Morgan fingerprint density at radius 1 is 1.00 bits per heavy atom. The number of carbonyl (C=O) groups excluding carboxylic acids is 3. The van der Waals surface area contributed by atoms with Crippen LogP contribution in [0.25, 0.3) is 0 Å². The molecule has 1 aromatic rings. The normalized spacial score (nSPS) is 15.3. The van der Waals surface area contributed by atoms with Gasteiger partial charge >= 0.3 is 29.6 Å². The van der Waals surface area contributed by atoms with Gasteiger partial charge in [0.1, 0.15) is 5.92 Å². The van der Waals surface area contributed by atoms with E-state index in [0.29, 0.717) is 11.1 Å². The van der Waals surface area contributed by atoms with E-state index in [1.165, 1.54) is 0 Å². The third-order valence-corrected chi connectivity index (χ3v) is 2.98. The van der Waals surface area contributed by atoms with E-state index < -0.39 is 11.3 Å². The van der Waals surface area contributed by atoms with E-state index in [1.807, 2.05) is 0 Å². The maximum atomic E-state index is 12.1. The number of Topliss-reactive ketones (excluding diaryl/α,β-unsaturated/α-hetero) is 3. The van der Waals surface area contributed by atoms with Gasteiger partial charge in [0.25, 0.3) is 0 Å². The molecule has 0 amide bonds. The summed E-state index contributed by atoms with van der Waals surface area (Å²) in [5, 5.41) is 0. The van der Waals surface area contributed by atoms with E-state index in [2.05, 4.69) is 0 Å². The van der Waals surface area contributed by atoms with Gasteiger partial charge in [0.05, 0.1) is 0 Å². The van der Waals surface area contributed by atoms with Crippen LogP contribution < -0.4 is 29.6 Å². The first-order chi connectivity index (χ1) is 7.84. The summed E-state index contributed by atoms with van der Waals surface area (Å²) in [5.41, 5.74) is 0.0677. The first-order valence-corrected chi connectivity index (χ1v) is 5.56. The van der Waals surface area contributed by atoms with Gasteiger partial charge in [-0.15, -0.1) is 0 Å². The topological polar surface area (TPSA) is 51.2 Å². The summed E-state index contributed by atoms with van der Waals surface area (Å²) in [6, 6.07) is 6.61. The summed E-state index contributed by atoms with van der Waals surface area (Å²) in [4.78, 5) is 36.2. The molecule has 88 valence electrons. The Morgan fingerprint density at radius 3 is 1.72 bits per heavy atom. The minimum atomic E-state index is -1.13. The maximum absolute atomic E-state index is 12.1. The van der Waals surface area contributed by atoms with Crippen LogP contribution in [0.3, 0.4) is 0 Å². The van der Waals surface area contributed by atoms with Gasteiger partial charge in [-0.3, -0.25) is 14.4 Å². The molecule has 0 heterocycles. The molecule has 18 heavy (non-hydrogen) atoms. The number of ketones is 3. The quantitative estimate of drug-likeness (QED) is 0.491. The van der Waals surface area contributed by atoms with Gasteiger partial charge in [-0.2, -0.15) is 0 Å². The van der Waals surface area contributed by atoms with Crippen LogP contribution in [0, 0.1) is 11.3 Å². The second-order valence-corrected chi connectivity index (χ2v) is 5.32. The Balaban J connectivity index is 0.00000162. The van der Waals surface area contributed by atoms with Crippen LogP contribution in [0.2, 0.25) is 0 Å². The third kappa shape index (κ3) is 2.35. The summed E-state index contributed by atoms with van der Waals surface area (Å²) in [6.45, 7) is 5.16. The first kappa shape index (κ1) is 15.3. The van der Waals surface area contributed by atoms with E-state index in [9.17, 15) is 14.4 Å². The Bertz CT molecular complexity index is 491. The average Bonchev–Trinajstić information content (AvgIpc) is 2.51. The fourth-order valence-corrected chi connectivity index (χ4v) is 2.01. The largest absolute Gasteiger partial charge is 1.00 e. The Morgan fingerprint density at radius 2 is 1.39 bits per heavy atom. The van der Waals surface area contributed by atoms with Crippen LogP contribution in [0.4, 0.5) is 0 Å². The molecule has 0 unspecified atom stereocenters. The summed E-state index contributed by atoms with van der Waals surface area (Å²) in [6.07, 6.45) is 0. The van der Waals surface area contributed by atoms with Crippen molar-refractivity contribution in [1.29, 1.82) is 0 Å². The molecule has 0 aliphatic heterocycles. The van der Waals surface area contributed by atoms with Crippen molar-refractivity contribution in [1.82, 2.24) is 0 Å². The van der Waals surface area contributed by atoms with Crippen molar-refractivity contribution in [3.63, 3.8) is 0 Å². The standard InChI is InChI=1S/C14H14O3.Na/c1-14(2,3)13(17)10-11(15)8-6-4-5-7-9(8)12(10)16;/h4-7,10H,1-3H3;/q;+1. The van der Waals surface area contributed by atoms with Crippen LogP contribution >= 0.6 is 0 Å². The fourth-order valence-electron chi connectivity index (χ4n) is 2.01. The number of benzene rings is 1. The Labute approximate surface area is 128 Å². The van der Waals surface area contributed by atoms with Crippen molar-refractivity contribution in [2.75, 3.05) is 0 Å². The molecule has 0 saturated heterocycles. The van der Waals surface area contributed by atoms with E-state index in [0.717, 1.165) is 0 Å². The van der Waals surface area contributed by atoms with Crippen LogP contribution in [0.15, 0.2) is 24.3 Å². The van der Waals surface area contributed by atoms with Crippen molar-refractivity contribution < 1.29 is 43.9 Å².